The summed E-state index contributed by atoms with van der Waals surface area (Å²) in [5.74, 6) is 0.542. The van der Waals surface area contributed by atoms with E-state index in [-0.39, 0.29) is 0 Å². The highest BCUT2D eigenvalue weighted by atomic mass is 16.7. The van der Waals surface area contributed by atoms with Crippen molar-refractivity contribution in [3.05, 3.63) is 24.3 Å². The Bertz CT molecular complexity index is 454. The molecular weight excluding hydrogens is 290 g/mol. The van der Waals surface area contributed by atoms with Gasteiger partial charge in [-0.3, -0.25) is 0 Å². The van der Waals surface area contributed by atoms with Crippen molar-refractivity contribution in [1.82, 2.24) is 0 Å². The van der Waals surface area contributed by atoms with E-state index in [1.54, 1.807) is 31.4 Å². The van der Waals surface area contributed by atoms with Crippen molar-refractivity contribution in [2.75, 3.05) is 33.7 Å². The fourth-order valence-corrected chi connectivity index (χ4v) is 2.53. The van der Waals surface area contributed by atoms with Crippen molar-refractivity contribution in [2.45, 2.75) is 30.7 Å². The third kappa shape index (κ3) is 3.68. The monoisotopic (exact) mass is 313 g/mol. The number of anilines is 1. The van der Waals surface area contributed by atoms with Crippen LogP contribution in [0.15, 0.2) is 24.3 Å². The van der Waals surface area contributed by atoms with E-state index in [9.17, 15) is 5.11 Å². The minimum atomic E-state index is -0.999. The van der Waals surface area contributed by atoms with Gasteiger partial charge >= 0.3 is 0 Å². The van der Waals surface area contributed by atoms with Gasteiger partial charge < -0.3 is 34.5 Å². The highest BCUT2D eigenvalue weighted by molar-refractivity contribution is 5.41. The summed E-state index contributed by atoms with van der Waals surface area (Å²) in [7, 11) is 4.62. The van der Waals surface area contributed by atoms with Gasteiger partial charge in [0.2, 0.25) is 6.29 Å². The molecule has 1 aliphatic heterocycles. The van der Waals surface area contributed by atoms with Gasteiger partial charge in [-0.1, -0.05) is 0 Å². The van der Waals surface area contributed by atoms with Gasteiger partial charge in [0, 0.05) is 27.0 Å². The number of benzene rings is 1. The van der Waals surface area contributed by atoms with Crippen LogP contribution in [0.2, 0.25) is 0 Å². The number of nitrogens with two attached hydrogens (primary N) is 1. The summed E-state index contributed by atoms with van der Waals surface area (Å²) in [6.45, 7) is 0.298. The molecule has 3 N–H and O–H groups in total. The fraction of sp³-hybridized carbons (Fsp3) is 0.600. The molecule has 0 amide bonds. The zero-order chi connectivity index (χ0) is 16.1. The van der Waals surface area contributed by atoms with Crippen molar-refractivity contribution in [3.63, 3.8) is 0 Å². The predicted molar refractivity (Wildman–Crippen MR) is 79.6 cm³/mol. The van der Waals surface area contributed by atoms with Gasteiger partial charge in [0.25, 0.3) is 0 Å². The van der Waals surface area contributed by atoms with Crippen LogP contribution < -0.4 is 10.5 Å². The lowest BCUT2D eigenvalue weighted by molar-refractivity contribution is -0.287. The summed E-state index contributed by atoms with van der Waals surface area (Å²) in [6, 6.07) is 6.84. The van der Waals surface area contributed by atoms with Crippen molar-refractivity contribution in [3.8, 4) is 5.75 Å². The molecule has 1 aromatic rings. The summed E-state index contributed by atoms with van der Waals surface area (Å²) in [5.41, 5.74) is 6.27. The van der Waals surface area contributed by atoms with Crippen LogP contribution in [-0.2, 0) is 18.9 Å². The number of methoxy groups -OCH3 is 3. The average Bonchev–Trinajstić information content (AvgIpc) is 2.52. The Kier molecular flexibility index (Phi) is 5.98. The SMILES string of the molecule is COC[C@H]1O[C@@H](Oc2ccc(N)cc2)[C@H](O)[C@@H](OC)[C@H]1OC. The van der Waals surface area contributed by atoms with Gasteiger partial charge in [-0.25, -0.2) is 0 Å². The van der Waals surface area contributed by atoms with Crippen molar-refractivity contribution < 1.29 is 28.8 Å². The van der Waals surface area contributed by atoms with Crippen LogP contribution in [0.25, 0.3) is 0 Å². The molecule has 22 heavy (non-hydrogen) atoms. The van der Waals surface area contributed by atoms with Gasteiger partial charge in [0.15, 0.2) is 0 Å². The molecule has 1 saturated heterocycles. The lowest BCUT2D eigenvalue weighted by Crippen LogP contribution is -2.61. The number of ether oxygens (including phenoxy) is 5. The summed E-state index contributed by atoms with van der Waals surface area (Å²) in [6.07, 6.45) is -3.34. The summed E-state index contributed by atoms with van der Waals surface area (Å²) in [5, 5.41) is 10.4. The Morgan fingerprint density at radius 2 is 1.73 bits per heavy atom. The Morgan fingerprint density at radius 3 is 2.27 bits per heavy atom. The minimum Gasteiger partial charge on any atom is -0.462 e. The molecule has 7 nitrogen and oxygen atoms in total. The van der Waals surface area contributed by atoms with Gasteiger partial charge in [-0.2, -0.15) is 0 Å². The van der Waals surface area contributed by atoms with E-state index in [2.05, 4.69) is 0 Å². The van der Waals surface area contributed by atoms with Crippen LogP contribution in [0.5, 0.6) is 5.75 Å². The number of hydrogen-bond acceptors (Lipinski definition) is 7. The smallest absolute Gasteiger partial charge is 0.229 e. The second-order valence-electron chi connectivity index (χ2n) is 5.08. The molecule has 0 radical (unpaired) electrons. The molecule has 124 valence electrons. The first-order chi connectivity index (χ1) is 10.6. The van der Waals surface area contributed by atoms with E-state index < -0.39 is 30.7 Å². The maximum Gasteiger partial charge on any atom is 0.229 e. The zero-order valence-electron chi connectivity index (χ0n) is 13.0. The molecule has 0 saturated carbocycles. The van der Waals surface area contributed by atoms with Crippen LogP contribution >= 0.6 is 0 Å². The lowest BCUT2D eigenvalue weighted by atomic mass is 9.98. The topological polar surface area (TPSA) is 92.4 Å². The molecule has 0 aromatic heterocycles. The quantitative estimate of drug-likeness (QED) is 0.735. The number of aliphatic hydroxyl groups excluding tert-OH is 1. The van der Waals surface area contributed by atoms with E-state index in [4.69, 9.17) is 29.4 Å². The van der Waals surface area contributed by atoms with Crippen LogP contribution in [0.4, 0.5) is 5.69 Å². The fourth-order valence-electron chi connectivity index (χ4n) is 2.53. The third-order valence-corrected chi connectivity index (χ3v) is 3.62. The van der Waals surface area contributed by atoms with Gasteiger partial charge in [-0.15, -0.1) is 0 Å². The number of nitrogen functional groups attached to an aromatic ring is 1. The predicted octanol–water partition coefficient (Wildman–Crippen LogP) is 0.410. The Balaban J connectivity index is 2.14. The second-order valence-corrected chi connectivity index (χ2v) is 5.08. The number of rotatable bonds is 6. The van der Waals surface area contributed by atoms with E-state index in [1.165, 1.54) is 14.2 Å². The molecule has 1 aliphatic rings. The maximum atomic E-state index is 10.4. The van der Waals surface area contributed by atoms with Crippen LogP contribution in [-0.4, -0.2) is 63.7 Å². The molecule has 2 rings (SSSR count). The summed E-state index contributed by atoms with van der Waals surface area (Å²) in [4.78, 5) is 0. The molecule has 0 unspecified atom stereocenters. The molecule has 1 fully saturated rings. The Labute approximate surface area is 129 Å². The highest BCUT2D eigenvalue weighted by Gasteiger charge is 2.47. The zero-order valence-corrected chi connectivity index (χ0v) is 13.0. The summed E-state index contributed by atoms with van der Waals surface area (Å²) < 4.78 is 27.4. The first-order valence-electron chi connectivity index (χ1n) is 7.01. The Hall–Kier alpha value is -1.38. The van der Waals surface area contributed by atoms with E-state index in [0.717, 1.165) is 0 Å². The molecule has 1 aromatic carbocycles. The lowest BCUT2D eigenvalue weighted by Gasteiger charge is -2.42. The third-order valence-electron chi connectivity index (χ3n) is 3.62. The standard InChI is InChI=1S/C15H23NO6/c1-18-8-11-13(19-2)14(20-3)12(17)15(22-11)21-10-6-4-9(16)5-7-10/h4-7,11-15,17H,8,16H2,1-3H3/t11-,12-,13+,14-,15-/m1/s1. The molecule has 5 atom stereocenters. The van der Waals surface area contributed by atoms with Crippen LogP contribution in [0.1, 0.15) is 0 Å². The van der Waals surface area contributed by atoms with Crippen molar-refractivity contribution in [1.29, 1.82) is 0 Å². The molecule has 0 bridgehead atoms. The van der Waals surface area contributed by atoms with E-state index >= 15 is 0 Å². The molecule has 0 aliphatic carbocycles. The molecule has 0 spiro atoms. The van der Waals surface area contributed by atoms with Crippen molar-refractivity contribution >= 4 is 5.69 Å². The molecule has 1 heterocycles. The van der Waals surface area contributed by atoms with Crippen LogP contribution in [0, 0.1) is 0 Å². The van der Waals surface area contributed by atoms with E-state index in [1.807, 2.05) is 0 Å². The summed E-state index contributed by atoms with van der Waals surface area (Å²) >= 11 is 0. The van der Waals surface area contributed by atoms with Gasteiger partial charge in [0.1, 0.15) is 30.2 Å². The average molecular weight is 313 g/mol. The van der Waals surface area contributed by atoms with Gasteiger partial charge in [0.05, 0.1) is 6.61 Å². The van der Waals surface area contributed by atoms with Gasteiger partial charge in [-0.05, 0) is 24.3 Å². The number of aliphatic hydroxyl groups is 1. The first kappa shape index (κ1) is 17.0. The Morgan fingerprint density at radius 1 is 1.09 bits per heavy atom. The first-order valence-corrected chi connectivity index (χ1v) is 7.01. The second kappa shape index (κ2) is 7.75. The molecule has 7 heteroatoms. The number of hydrogen-bond donors (Lipinski definition) is 2. The molecular formula is C15H23NO6. The maximum absolute atomic E-state index is 10.4. The normalized spacial score (nSPS) is 31.9. The minimum absolute atomic E-state index is 0.298. The van der Waals surface area contributed by atoms with Crippen LogP contribution in [0.3, 0.4) is 0 Å². The largest absolute Gasteiger partial charge is 0.462 e. The van der Waals surface area contributed by atoms with Crippen molar-refractivity contribution in [2.24, 2.45) is 0 Å². The van der Waals surface area contributed by atoms with E-state index in [0.29, 0.717) is 18.0 Å². The highest BCUT2D eigenvalue weighted by Crippen LogP contribution is 2.27.